The third-order valence-electron chi connectivity index (χ3n) is 3.10. The minimum absolute atomic E-state index is 0.00445. The Hall–Kier alpha value is -1.79. The third kappa shape index (κ3) is 3.49. The number of aromatic nitrogens is 2. The van der Waals surface area contributed by atoms with Gasteiger partial charge in [-0.15, -0.1) is 0 Å². The molecule has 4 nitrogen and oxygen atoms in total. The fourth-order valence-corrected chi connectivity index (χ4v) is 2.86. The molecule has 0 bridgehead atoms. The highest BCUT2D eigenvalue weighted by atomic mass is 127. The van der Waals surface area contributed by atoms with Crippen molar-refractivity contribution in [2.45, 2.75) is 12.4 Å². The molecule has 130 valence electrons. The summed E-state index contributed by atoms with van der Waals surface area (Å²) in [6, 6.07) is 0.994. The number of carboxylic acids is 1. The molecule has 0 aliphatic carbocycles. The molecule has 1 aromatic carbocycles. The van der Waals surface area contributed by atoms with Crippen LogP contribution in [0.25, 0.3) is 11.4 Å². The van der Waals surface area contributed by atoms with Crippen molar-refractivity contribution in [3.05, 3.63) is 38.7 Å². The van der Waals surface area contributed by atoms with Crippen LogP contribution in [-0.2, 0) is 19.4 Å². The number of halogens is 7. The lowest BCUT2D eigenvalue weighted by Gasteiger charge is -2.14. The highest BCUT2D eigenvalue weighted by Crippen LogP contribution is 2.38. The Labute approximate surface area is 144 Å². The van der Waals surface area contributed by atoms with Gasteiger partial charge in [-0.05, 0) is 40.8 Å². The summed E-state index contributed by atoms with van der Waals surface area (Å²) in [5.41, 5.74) is -3.81. The number of alkyl halides is 6. The normalized spacial score (nSPS) is 12.5. The van der Waals surface area contributed by atoms with E-state index in [-0.39, 0.29) is 21.3 Å². The summed E-state index contributed by atoms with van der Waals surface area (Å²) in [6.07, 6.45) is -9.99. The van der Waals surface area contributed by atoms with E-state index in [0.29, 0.717) is 12.1 Å². The largest absolute Gasteiger partial charge is 0.476 e. The standard InChI is InChI=1S/C13H7F6IN2O2/c1-22-8(11(23)24)9(20)21-10(22)5-2-6(12(14,15)16)4-7(3-5)13(17,18)19/h2-4H,1H3,(H,23,24). The van der Waals surface area contributed by atoms with Crippen molar-refractivity contribution in [1.82, 2.24) is 9.55 Å². The fraction of sp³-hybridized carbons (Fsp3) is 0.231. The van der Waals surface area contributed by atoms with Gasteiger partial charge in [-0.3, -0.25) is 0 Å². The molecule has 0 atom stereocenters. The first-order valence-electron chi connectivity index (χ1n) is 6.07. The van der Waals surface area contributed by atoms with Gasteiger partial charge in [0.15, 0.2) is 5.69 Å². The van der Waals surface area contributed by atoms with Crippen molar-refractivity contribution in [1.29, 1.82) is 0 Å². The maximum atomic E-state index is 12.9. The van der Waals surface area contributed by atoms with Gasteiger partial charge in [0.2, 0.25) is 0 Å². The first-order chi connectivity index (χ1) is 10.8. The zero-order valence-electron chi connectivity index (χ0n) is 11.6. The van der Waals surface area contributed by atoms with Crippen molar-refractivity contribution in [2.75, 3.05) is 0 Å². The van der Waals surface area contributed by atoms with Crippen LogP contribution < -0.4 is 0 Å². The lowest BCUT2D eigenvalue weighted by molar-refractivity contribution is -0.143. The number of carbonyl (C=O) groups is 1. The molecule has 0 amide bonds. The van der Waals surface area contributed by atoms with E-state index in [2.05, 4.69) is 4.98 Å². The highest BCUT2D eigenvalue weighted by molar-refractivity contribution is 14.1. The molecule has 1 heterocycles. The topological polar surface area (TPSA) is 55.1 Å². The highest BCUT2D eigenvalue weighted by Gasteiger charge is 2.37. The molecular formula is C13H7F6IN2O2. The average Bonchev–Trinajstić information content (AvgIpc) is 2.71. The number of rotatable bonds is 2. The molecule has 0 radical (unpaired) electrons. The summed E-state index contributed by atoms with van der Waals surface area (Å²) in [6.45, 7) is 0. The lowest BCUT2D eigenvalue weighted by Crippen LogP contribution is -2.12. The van der Waals surface area contributed by atoms with E-state index >= 15 is 0 Å². The number of aromatic carboxylic acids is 1. The molecular weight excluding hydrogens is 457 g/mol. The molecule has 0 spiro atoms. The lowest BCUT2D eigenvalue weighted by atomic mass is 10.0. The Morgan fingerprint density at radius 2 is 1.54 bits per heavy atom. The summed E-state index contributed by atoms with van der Waals surface area (Å²) in [7, 11) is 1.20. The van der Waals surface area contributed by atoms with Crippen LogP contribution in [0.2, 0.25) is 0 Å². The van der Waals surface area contributed by atoms with Gasteiger partial charge in [0.25, 0.3) is 0 Å². The van der Waals surface area contributed by atoms with Gasteiger partial charge >= 0.3 is 18.3 Å². The van der Waals surface area contributed by atoms with Crippen LogP contribution >= 0.6 is 22.6 Å². The minimum atomic E-state index is -5.00. The number of hydrogen-bond acceptors (Lipinski definition) is 2. The summed E-state index contributed by atoms with van der Waals surface area (Å²) in [5, 5.41) is 9.05. The molecule has 0 aliphatic heterocycles. The van der Waals surface area contributed by atoms with Crippen molar-refractivity contribution in [3.8, 4) is 11.4 Å². The summed E-state index contributed by atoms with van der Waals surface area (Å²) in [4.78, 5) is 14.9. The number of imidazole rings is 1. The number of nitrogens with zero attached hydrogens (tertiary/aromatic N) is 2. The monoisotopic (exact) mass is 464 g/mol. The number of carboxylic acid groups (broad SMARTS) is 1. The summed E-state index contributed by atoms with van der Waals surface area (Å²) < 4.78 is 78.1. The average molecular weight is 464 g/mol. The Balaban J connectivity index is 2.76. The van der Waals surface area contributed by atoms with Gasteiger partial charge in [-0.25, -0.2) is 9.78 Å². The van der Waals surface area contributed by atoms with Crippen LogP contribution in [0, 0.1) is 3.70 Å². The van der Waals surface area contributed by atoms with Gasteiger partial charge < -0.3 is 9.67 Å². The van der Waals surface area contributed by atoms with Crippen LogP contribution in [0.5, 0.6) is 0 Å². The van der Waals surface area contributed by atoms with Crippen molar-refractivity contribution >= 4 is 28.6 Å². The molecule has 2 aromatic rings. The molecule has 0 saturated heterocycles. The summed E-state index contributed by atoms with van der Waals surface area (Å²) in [5.74, 6) is -1.71. The number of hydrogen-bond donors (Lipinski definition) is 1. The maximum absolute atomic E-state index is 12.9. The van der Waals surface area contributed by atoms with E-state index in [4.69, 9.17) is 5.11 Å². The first-order valence-corrected chi connectivity index (χ1v) is 7.15. The molecule has 24 heavy (non-hydrogen) atoms. The molecule has 0 saturated carbocycles. The summed E-state index contributed by atoms with van der Waals surface area (Å²) >= 11 is 1.54. The van der Waals surface area contributed by atoms with E-state index in [1.54, 1.807) is 22.6 Å². The van der Waals surface area contributed by atoms with Crippen LogP contribution in [-0.4, -0.2) is 20.6 Å². The van der Waals surface area contributed by atoms with Crippen LogP contribution in [0.1, 0.15) is 21.6 Å². The maximum Gasteiger partial charge on any atom is 0.416 e. The predicted octanol–water partition coefficient (Wildman–Crippen LogP) is 4.43. The smallest absolute Gasteiger partial charge is 0.416 e. The van der Waals surface area contributed by atoms with E-state index in [0.717, 1.165) is 4.57 Å². The minimum Gasteiger partial charge on any atom is -0.476 e. The van der Waals surface area contributed by atoms with Gasteiger partial charge in [0.1, 0.15) is 9.53 Å². The molecule has 0 unspecified atom stereocenters. The third-order valence-corrected chi connectivity index (χ3v) is 3.85. The molecule has 0 fully saturated rings. The zero-order valence-corrected chi connectivity index (χ0v) is 13.8. The van der Waals surface area contributed by atoms with Gasteiger partial charge in [0, 0.05) is 12.6 Å². The van der Waals surface area contributed by atoms with Gasteiger partial charge in [-0.1, -0.05) is 0 Å². The van der Waals surface area contributed by atoms with Crippen LogP contribution in [0.15, 0.2) is 18.2 Å². The Morgan fingerprint density at radius 1 is 1.08 bits per heavy atom. The van der Waals surface area contributed by atoms with Crippen molar-refractivity contribution in [2.24, 2.45) is 7.05 Å². The fourth-order valence-electron chi connectivity index (χ4n) is 2.04. The van der Waals surface area contributed by atoms with Crippen LogP contribution in [0.4, 0.5) is 26.3 Å². The van der Waals surface area contributed by atoms with Crippen molar-refractivity contribution in [3.63, 3.8) is 0 Å². The molecule has 1 N–H and O–H groups in total. The Kier molecular flexibility index (Phi) is 4.59. The Bertz CT molecular complexity index is 778. The second-order valence-corrected chi connectivity index (χ2v) is 5.76. The second kappa shape index (κ2) is 5.93. The molecule has 2 rings (SSSR count). The van der Waals surface area contributed by atoms with E-state index in [9.17, 15) is 31.1 Å². The number of benzene rings is 1. The first kappa shape index (κ1) is 18.5. The van der Waals surface area contributed by atoms with Crippen LogP contribution in [0.3, 0.4) is 0 Å². The zero-order chi connectivity index (χ0) is 18.4. The van der Waals surface area contributed by atoms with E-state index in [1.807, 2.05) is 0 Å². The second-order valence-electron chi connectivity index (χ2n) is 4.73. The molecule has 11 heteroatoms. The molecule has 0 aliphatic rings. The predicted molar refractivity (Wildman–Crippen MR) is 78.3 cm³/mol. The van der Waals surface area contributed by atoms with Gasteiger partial charge in [0.05, 0.1) is 11.1 Å². The van der Waals surface area contributed by atoms with Gasteiger partial charge in [-0.2, -0.15) is 26.3 Å². The quantitative estimate of drug-likeness (QED) is 0.529. The SMILES string of the molecule is Cn1c(-c2cc(C(F)(F)F)cc(C(F)(F)F)c2)nc(I)c1C(=O)O. The van der Waals surface area contributed by atoms with E-state index in [1.165, 1.54) is 7.05 Å². The van der Waals surface area contributed by atoms with E-state index < -0.39 is 35.0 Å². The molecule has 1 aromatic heterocycles. The Morgan fingerprint density at radius 3 is 1.88 bits per heavy atom. The van der Waals surface area contributed by atoms with Crippen molar-refractivity contribution < 1.29 is 36.2 Å².